The predicted molar refractivity (Wildman–Crippen MR) is 103 cm³/mol. The summed E-state index contributed by atoms with van der Waals surface area (Å²) in [5.74, 6) is 0.350. The van der Waals surface area contributed by atoms with Gasteiger partial charge in [0, 0.05) is 17.0 Å². The molecule has 1 N–H and O–H groups in total. The first-order chi connectivity index (χ1) is 10.3. The quantitative estimate of drug-likeness (QED) is 0.401. The molecule has 0 unspecified atom stereocenters. The second-order valence-corrected chi connectivity index (χ2v) is 4.69. The molecule has 110 valence electrons. The zero-order valence-electron chi connectivity index (χ0n) is 11.9. The Labute approximate surface area is 146 Å². The Morgan fingerprint density at radius 2 is 1.27 bits per heavy atom. The number of aromatic hydroxyl groups is 1. The summed E-state index contributed by atoms with van der Waals surface area (Å²) >= 11 is 0. The molecule has 0 spiro atoms. The molecule has 0 fully saturated rings. The van der Waals surface area contributed by atoms with Crippen LogP contribution in [0, 0.1) is 0 Å². The van der Waals surface area contributed by atoms with Gasteiger partial charge in [0.1, 0.15) is 5.75 Å². The normalized spacial score (nSPS) is 9.64. The van der Waals surface area contributed by atoms with E-state index in [9.17, 15) is 5.11 Å². The Morgan fingerprint density at radius 3 is 2.05 bits per heavy atom. The summed E-state index contributed by atoms with van der Waals surface area (Å²) in [6.45, 7) is 0. The zero-order valence-corrected chi connectivity index (χ0v) is 14.2. The third-order valence-electron chi connectivity index (χ3n) is 3.28. The third-order valence-corrected chi connectivity index (χ3v) is 3.28. The monoisotopic (exact) mass is 401 g/mol. The summed E-state index contributed by atoms with van der Waals surface area (Å²) < 4.78 is 0. The number of fused-ring (bicyclic) bond motifs is 2. The molecule has 0 bridgehead atoms. The van der Waals surface area contributed by atoms with Crippen molar-refractivity contribution >= 4 is 45.7 Å². The maximum atomic E-state index is 9.37. The maximum Gasteiger partial charge on any atom is 0.123 e. The van der Waals surface area contributed by atoms with Crippen LogP contribution >= 0.6 is 24.0 Å². The van der Waals surface area contributed by atoms with Crippen LogP contribution in [0.1, 0.15) is 0 Å². The molecule has 4 aromatic rings. The summed E-state index contributed by atoms with van der Waals surface area (Å²) in [6, 6.07) is 25.4. The van der Waals surface area contributed by atoms with Gasteiger partial charge in [0.15, 0.2) is 0 Å². The largest absolute Gasteiger partial charge is 0.507 e. The van der Waals surface area contributed by atoms with Crippen molar-refractivity contribution in [3.8, 4) is 5.75 Å². The van der Waals surface area contributed by atoms with Crippen molar-refractivity contribution in [2.75, 3.05) is 0 Å². The van der Waals surface area contributed by atoms with E-state index in [1.54, 1.807) is 6.07 Å². The highest BCUT2D eigenvalue weighted by molar-refractivity contribution is 14.0. The minimum atomic E-state index is 0. The minimum absolute atomic E-state index is 0. The van der Waals surface area contributed by atoms with Crippen molar-refractivity contribution < 1.29 is 5.11 Å². The maximum absolute atomic E-state index is 9.37. The third kappa shape index (κ3) is 3.74. The van der Waals surface area contributed by atoms with Crippen LogP contribution < -0.4 is 0 Å². The van der Waals surface area contributed by atoms with Gasteiger partial charge in [-0.3, -0.25) is 4.98 Å². The molecule has 0 atom stereocenters. The second-order valence-electron chi connectivity index (χ2n) is 4.69. The molecule has 2 nitrogen and oxygen atoms in total. The number of rotatable bonds is 0. The second kappa shape index (κ2) is 7.75. The van der Waals surface area contributed by atoms with E-state index in [1.807, 2.05) is 66.9 Å². The first-order valence-corrected chi connectivity index (χ1v) is 6.81. The number of hydrogen-bond donors (Lipinski definition) is 1. The molecule has 0 aliphatic carbocycles. The molecule has 22 heavy (non-hydrogen) atoms. The van der Waals surface area contributed by atoms with Gasteiger partial charge >= 0.3 is 0 Å². The van der Waals surface area contributed by atoms with Crippen LogP contribution in [-0.2, 0) is 0 Å². The smallest absolute Gasteiger partial charge is 0.123 e. The first kappa shape index (κ1) is 16.2. The number of para-hydroxylation sites is 1. The summed E-state index contributed by atoms with van der Waals surface area (Å²) in [4.78, 5) is 4.18. The molecular formula is C19H16INO. The van der Waals surface area contributed by atoms with E-state index in [4.69, 9.17) is 0 Å². The number of hydrogen-bond acceptors (Lipinski definition) is 2. The molecular weight excluding hydrogens is 385 g/mol. The standard InChI is InChI=1S/C10H8O.C9H7N.HI/c11-10-7-3-5-8-4-1-2-6-9(8)10;1-2-6-9-8(4-1)5-3-7-10-9;/h1-7,11H;1-7H;1H. The highest BCUT2D eigenvalue weighted by Gasteiger charge is 1.94. The van der Waals surface area contributed by atoms with Crippen molar-refractivity contribution in [2.24, 2.45) is 0 Å². The van der Waals surface area contributed by atoms with Crippen LogP contribution in [0.15, 0.2) is 85.1 Å². The SMILES string of the molecule is I.Oc1cccc2ccccc12.c1ccc2ncccc2c1. The van der Waals surface area contributed by atoms with E-state index in [0.29, 0.717) is 5.75 Å². The number of aromatic nitrogens is 1. The van der Waals surface area contributed by atoms with Crippen molar-refractivity contribution in [3.63, 3.8) is 0 Å². The number of benzene rings is 3. The van der Waals surface area contributed by atoms with Crippen LogP contribution in [-0.4, -0.2) is 10.1 Å². The molecule has 3 heteroatoms. The number of phenols is 1. The fourth-order valence-corrected chi connectivity index (χ4v) is 2.22. The molecule has 0 aliphatic rings. The summed E-state index contributed by atoms with van der Waals surface area (Å²) in [6.07, 6.45) is 1.81. The summed E-state index contributed by atoms with van der Waals surface area (Å²) in [7, 11) is 0. The van der Waals surface area contributed by atoms with Gasteiger partial charge in [-0.25, -0.2) is 0 Å². The van der Waals surface area contributed by atoms with Crippen LogP contribution in [0.4, 0.5) is 0 Å². The van der Waals surface area contributed by atoms with E-state index < -0.39 is 0 Å². The van der Waals surface area contributed by atoms with Crippen molar-refractivity contribution in [3.05, 3.63) is 85.1 Å². The van der Waals surface area contributed by atoms with Gasteiger partial charge in [-0.1, -0.05) is 60.7 Å². The Balaban J connectivity index is 0.000000154. The lowest BCUT2D eigenvalue weighted by atomic mass is 10.1. The van der Waals surface area contributed by atoms with Crippen molar-refractivity contribution in [1.29, 1.82) is 0 Å². The van der Waals surface area contributed by atoms with E-state index in [-0.39, 0.29) is 24.0 Å². The minimum Gasteiger partial charge on any atom is -0.507 e. The molecule has 0 amide bonds. The first-order valence-electron chi connectivity index (χ1n) is 6.81. The topological polar surface area (TPSA) is 33.1 Å². The molecule has 0 saturated heterocycles. The number of phenolic OH excluding ortho intramolecular Hbond substituents is 1. The van der Waals surface area contributed by atoms with Crippen molar-refractivity contribution in [1.82, 2.24) is 4.98 Å². The van der Waals surface area contributed by atoms with Gasteiger partial charge in [0.05, 0.1) is 5.52 Å². The Hall–Kier alpha value is -2.14. The predicted octanol–water partition coefficient (Wildman–Crippen LogP) is 5.40. The molecule has 3 aromatic carbocycles. The van der Waals surface area contributed by atoms with E-state index in [1.165, 1.54) is 5.39 Å². The van der Waals surface area contributed by atoms with E-state index in [0.717, 1.165) is 16.3 Å². The molecule has 0 saturated carbocycles. The van der Waals surface area contributed by atoms with Crippen LogP contribution in [0.5, 0.6) is 5.75 Å². The lowest BCUT2D eigenvalue weighted by Gasteiger charge is -1.97. The highest BCUT2D eigenvalue weighted by Crippen LogP contribution is 2.22. The highest BCUT2D eigenvalue weighted by atomic mass is 127. The van der Waals surface area contributed by atoms with Crippen molar-refractivity contribution in [2.45, 2.75) is 0 Å². The molecule has 4 rings (SSSR count). The van der Waals surface area contributed by atoms with Gasteiger partial charge in [-0.05, 0) is 23.6 Å². The molecule has 0 radical (unpaired) electrons. The van der Waals surface area contributed by atoms with E-state index >= 15 is 0 Å². The summed E-state index contributed by atoms with van der Waals surface area (Å²) in [5, 5.41) is 12.6. The molecule has 1 aromatic heterocycles. The van der Waals surface area contributed by atoms with Gasteiger partial charge in [-0.15, -0.1) is 24.0 Å². The van der Waals surface area contributed by atoms with Gasteiger partial charge in [0.2, 0.25) is 0 Å². The summed E-state index contributed by atoms with van der Waals surface area (Å²) in [5.41, 5.74) is 1.06. The zero-order chi connectivity index (χ0) is 14.5. The molecule has 1 heterocycles. The average Bonchev–Trinajstić information content (AvgIpc) is 2.56. The van der Waals surface area contributed by atoms with Crippen LogP contribution in [0.3, 0.4) is 0 Å². The fourth-order valence-electron chi connectivity index (χ4n) is 2.22. The Morgan fingerprint density at radius 1 is 0.636 bits per heavy atom. The lowest BCUT2D eigenvalue weighted by Crippen LogP contribution is -1.73. The number of nitrogens with zero attached hydrogens (tertiary/aromatic N) is 1. The number of halogens is 1. The Bertz CT molecular complexity index is 806. The van der Waals surface area contributed by atoms with Crippen LogP contribution in [0.25, 0.3) is 21.7 Å². The lowest BCUT2D eigenvalue weighted by molar-refractivity contribution is 0.481. The van der Waals surface area contributed by atoms with E-state index in [2.05, 4.69) is 17.1 Å². The Kier molecular flexibility index (Phi) is 5.72. The van der Waals surface area contributed by atoms with Gasteiger partial charge in [-0.2, -0.15) is 0 Å². The van der Waals surface area contributed by atoms with Gasteiger partial charge < -0.3 is 5.11 Å². The van der Waals surface area contributed by atoms with Crippen LogP contribution in [0.2, 0.25) is 0 Å². The fraction of sp³-hybridized carbons (Fsp3) is 0. The number of pyridine rings is 1. The molecule has 0 aliphatic heterocycles. The average molecular weight is 401 g/mol. The van der Waals surface area contributed by atoms with Gasteiger partial charge in [0.25, 0.3) is 0 Å².